The number of benzene rings is 1. The molecular formula is C18H20N4O2S. The van der Waals surface area contributed by atoms with E-state index in [0.29, 0.717) is 12.1 Å². The normalized spacial score (nSPS) is 11.6. The third-order valence-electron chi connectivity index (χ3n) is 3.88. The molecule has 0 radical (unpaired) electrons. The van der Waals surface area contributed by atoms with Crippen molar-refractivity contribution in [2.45, 2.75) is 13.0 Å². The summed E-state index contributed by atoms with van der Waals surface area (Å²) in [6, 6.07) is 15.3. The van der Waals surface area contributed by atoms with E-state index in [0.717, 1.165) is 16.8 Å². The number of aromatic nitrogens is 3. The summed E-state index contributed by atoms with van der Waals surface area (Å²) in [6.07, 6.45) is 3.92. The number of aryl methyl sites for hydroxylation is 2. The Kier molecular flexibility index (Phi) is 5.25. The molecule has 0 aliphatic carbocycles. The minimum atomic E-state index is -3.36. The van der Waals surface area contributed by atoms with Crippen molar-refractivity contribution in [1.82, 2.24) is 19.5 Å². The number of nitrogens with one attached hydrogen (secondary N) is 1. The predicted octanol–water partition coefficient (Wildman–Crippen LogP) is 2.14. The largest absolute Gasteiger partial charge is 0.268 e. The van der Waals surface area contributed by atoms with Crippen LogP contribution in [0.1, 0.15) is 11.3 Å². The molecule has 3 rings (SSSR count). The zero-order valence-electron chi connectivity index (χ0n) is 14.0. The average Bonchev–Trinajstić information content (AvgIpc) is 3.01. The third kappa shape index (κ3) is 4.74. The maximum absolute atomic E-state index is 12.2. The second-order valence-corrected chi connectivity index (χ2v) is 7.68. The number of pyridine rings is 1. The van der Waals surface area contributed by atoms with Crippen molar-refractivity contribution >= 4 is 10.0 Å². The van der Waals surface area contributed by atoms with Gasteiger partial charge in [-0.15, -0.1) is 0 Å². The molecule has 0 aliphatic rings. The molecule has 0 spiro atoms. The van der Waals surface area contributed by atoms with Crippen molar-refractivity contribution in [3.05, 3.63) is 72.2 Å². The quantitative estimate of drug-likeness (QED) is 0.704. The highest BCUT2D eigenvalue weighted by molar-refractivity contribution is 7.89. The lowest BCUT2D eigenvalue weighted by Gasteiger charge is -2.05. The molecule has 0 fully saturated rings. The fourth-order valence-electron chi connectivity index (χ4n) is 2.56. The summed E-state index contributed by atoms with van der Waals surface area (Å²) < 4.78 is 28.7. The number of rotatable bonds is 7. The van der Waals surface area contributed by atoms with E-state index in [1.54, 1.807) is 17.1 Å². The van der Waals surface area contributed by atoms with Crippen LogP contribution in [0.15, 0.2) is 60.9 Å². The Morgan fingerprint density at radius 1 is 1.08 bits per heavy atom. The van der Waals surface area contributed by atoms with Crippen molar-refractivity contribution in [2.75, 3.05) is 5.75 Å². The lowest BCUT2D eigenvalue weighted by atomic mass is 10.2. The highest BCUT2D eigenvalue weighted by atomic mass is 32.2. The first-order valence-electron chi connectivity index (χ1n) is 7.98. The van der Waals surface area contributed by atoms with Crippen molar-refractivity contribution in [2.24, 2.45) is 7.05 Å². The molecule has 0 saturated heterocycles. The van der Waals surface area contributed by atoms with E-state index in [9.17, 15) is 8.42 Å². The van der Waals surface area contributed by atoms with Gasteiger partial charge in [0.25, 0.3) is 0 Å². The molecule has 25 heavy (non-hydrogen) atoms. The summed E-state index contributed by atoms with van der Waals surface area (Å²) in [5.41, 5.74) is 3.59. The molecule has 0 aliphatic heterocycles. The van der Waals surface area contributed by atoms with Crippen LogP contribution in [-0.2, 0) is 30.0 Å². The van der Waals surface area contributed by atoms with Crippen LogP contribution in [0.5, 0.6) is 0 Å². The standard InChI is InChI=1S/C18H20N4O2S/c1-22-18(16-7-10-19-11-8-16)13-17(21-22)14-20-25(23,24)12-9-15-5-3-2-4-6-15/h2-8,10-11,13,20H,9,12,14H2,1H3. The van der Waals surface area contributed by atoms with Gasteiger partial charge in [0.15, 0.2) is 0 Å². The van der Waals surface area contributed by atoms with Crippen molar-refractivity contribution in [1.29, 1.82) is 0 Å². The smallest absolute Gasteiger partial charge is 0.212 e. The zero-order chi connectivity index (χ0) is 17.7. The fraction of sp³-hybridized carbons (Fsp3) is 0.222. The summed E-state index contributed by atoms with van der Waals surface area (Å²) in [4.78, 5) is 4.00. The van der Waals surface area contributed by atoms with Crippen LogP contribution in [0.4, 0.5) is 0 Å². The fourth-order valence-corrected chi connectivity index (χ4v) is 3.58. The van der Waals surface area contributed by atoms with Crippen molar-refractivity contribution in [3.63, 3.8) is 0 Å². The van der Waals surface area contributed by atoms with Gasteiger partial charge in [-0.05, 0) is 30.2 Å². The van der Waals surface area contributed by atoms with Crippen LogP contribution in [0.3, 0.4) is 0 Å². The molecular weight excluding hydrogens is 336 g/mol. The Hall–Kier alpha value is -2.51. The molecule has 1 aromatic carbocycles. The van der Waals surface area contributed by atoms with Crippen LogP contribution >= 0.6 is 0 Å². The maximum atomic E-state index is 12.2. The van der Waals surface area contributed by atoms with Gasteiger partial charge < -0.3 is 0 Å². The number of sulfonamides is 1. The van der Waals surface area contributed by atoms with Gasteiger partial charge in [-0.3, -0.25) is 9.67 Å². The van der Waals surface area contributed by atoms with E-state index in [4.69, 9.17) is 0 Å². The minimum absolute atomic E-state index is 0.0566. The van der Waals surface area contributed by atoms with E-state index in [1.165, 1.54) is 0 Å². The highest BCUT2D eigenvalue weighted by Crippen LogP contribution is 2.18. The van der Waals surface area contributed by atoms with Crippen LogP contribution in [0.2, 0.25) is 0 Å². The van der Waals surface area contributed by atoms with E-state index < -0.39 is 10.0 Å². The second kappa shape index (κ2) is 7.58. The van der Waals surface area contributed by atoms with E-state index in [2.05, 4.69) is 14.8 Å². The lowest BCUT2D eigenvalue weighted by Crippen LogP contribution is -2.27. The molecule has 2 heterocycles. The minimum Gasteiger partial charge on any atom is -0.268 e. The van der Waals surface area contributed by atoms with E-state index in [-0.39, 0.29) is 12.3 Å². The van der Waals surface area contributed by atoms with Gasteiger partial charge in [0.1, 0.15) is 0 Å². The lowest BCUT2D eigenvalue weighted by molar-refractivity contribution is 0.579. The molecule has 0 bridgehead atoms. The molecule has 1 N–H and O–H groups in total. The first-order chi connectivity index (χ1) is 12.0. The molecule has 6 nitrogen and oxygen atoms in total. The van der Waals surface area contributed by atoms with E-state index in [1.807, 2.05) is 55.6 Å². The SMILES string of the molecule is Cn1nc(CNS(=O)(=O)CCc2ccccc2)cc1-c1ccncc1. The van der Waals surface area contributed by atoms with Crippen LogP contribution in [0.25, 0.3) is 11.3 Å². The Morgan fingerprint density at radius 3 is 2.52 bits per heavy atom. The van der Waals surface area contributed by atoms with E-state index >= 15 is 0 Å². The molecule has 0 unspecified atom stereocenters. The number of hydrogen-bond donors (Lipinski definition) is 1. The second-order valence-electron chi connectivity index (χ2n) is 5.76. The topological polar surface area (TPSA) is 76.9 Å². The van der Waals surface area contributed by atoms with Gasteiger partial charge >= 0.3 is 0 Å². The molecule has 3 aromatic rings. The Labute approximate surface area is 147 Å². The van der Waals surface area contributed by atoms with Crippen LogP contribution in [-0.4, -0.2) is 28.9 Å². The highest BCUT2D eigenvalue weighted by Gasteiger charge is 2.13. The van der Waals surface area contributed by atoms with Crippen LogP contribution < -0.4 is 4.72 Å². The molecule has 0 atom stereocenters. The Balaban J connectivity index is 1.61. The van der Waals surface area contributed by atoms with Gasteiger partial charge in [0, 0.05) is 25.0 Å². The summed E-state index contributed by atoms with van der Waals surface area (Å²) >= 11 is 0. The molecule has 2 aromatic heterocycles. The van der Waals surface area contributed by atoms with Crippen molar-refractivity contribution < 1.29 is 8.42 Å². The summed E-state index contributed by atoms with van der Waals surface area (Å²) in [5.74, 6) is 0.0566. The molecule has 0 amide bonds. The van der Waals surface area contributed by atoms with Crippen LogP contribution in [0, 0.1) is 0 Å². The van der Waals surface area contributed by atoms with Gasteiger partial charge in [-0.1, -0.05) is 30.3 Å². The third-order valence-corrected chi connectivity index (χ3v) is 5.21. The molecule has 0 saturated carbocycles. The van der Waals surface area contributed by atoms with Gasteiger partial charge in [-0.2, -0.15) is 5.10 Å². The summed E-state index contributed by atoms with van der Waals surface area (Å²) in [7, 11) is -1.52. The molecule has 7 heteroatoms. The summed E-state index contributed by atoms with van der Waals surface area (Å²) in [5, 5.41) is 4.38. The Bertz CT molecular complexity index is 922. The summed E-state index contributed by atoms with van der Waals surface area (Å²) in [6.45, 7) is 0.177. The monoisotopic (exact) mass is 356 g/mol. The van der Waals surface area contributed by atoms with Gasteiger partial charge in [0.05, 0.1) is 23.7 Å². The first-order valence-corrected chi connectivity index (χ1v) is 9.63. The predicted molar refractivity (Wildman–Crippen MR) is 97.2 cm³/mol. The van der Waals surface area contributed by atoms with Gasteiger partial charge in [-0.25, -0.2) is 13.1 Å². The van der Waals surface area contributed by atoms with Crippen molar-refractivity contribution in [3.8, 4) is 11.3 Å². The zero-order valence-corrected chi connectivity index (χ0v) is 14.8. The Morgan fingerprint density at radius 2 is 1.80 bits per heavy atom. The average molecular weight is 356 g/mol. The van der Waals surface area contributed by atoms with Gasteiger partial charge in [0.2, 0.25) is 10.0 Å². The number of nitrogens with zero attached hydrogens (tertiary/aromatic N) is 3. The maximum Gasteiger partial charge on any atom is 0.212 e. The first kappa shape index (κ1) is 17.3. The molecule has 130 valence electrons. The number of hydrogen-bond acceptors (Lipinski definition) is 4.